The highest BCUT2D eigenvalue weighted by atomic mass is 19.4. The minimum Gasteiger partial charge on any atom is -0.492 e. The normalized spacial score (nSPS) is 11.4. The van der Waals surface area contributed by atoms with Crippen LogP contribution >= 0.6 is 0 Å². The zero-order valence-corrected chi connectivity index (χ0v) is 16.4. The van der Waals surface area contributed by atoms with Crippen molar-refractivity contribution in [2.45, 2.75) is 46.2 Å². The fraction of sp³-hybridized carbons (Fsp3) is 0.500. The van der Waals surface area contributed by atoms with E-state index in [4.69, 9.17) is 9.47 Å². The van der Waals surface area contributed by atoms with E-state index in [1.165, 1.54) is 0 Å². The zero-order valence-electron chi connectivity index (χ0n) is 16.4. The van der Waals surface area contributed by atoms with Gasteiger partial charge in [0.05, 0.1) is 18.9 Å². The van der Waals surface area contributed by atoms with Gasteiger partial charge in [-0.05, 0) is 32.4 Å². The Hall–Kier alpha value is -2.51. The Kier molecular flexibility index (Phi) is 7.90. The summed E-state index contributed by atoms with van der Waals surface area (Å²) in [5.41, 5.74) is -0.287. The molecular formula is C20H26F3N3O2. The molecule has 5 nitrogen and oxygen atoms in total. The SMILES string of the molecule is CCCCCOc1nc(N(CC)c2ccccc2OCC)ncc1C(F)(F)F. The van der Waals surface area contributed by atoms with Gasteiger partial charge in [-0.3, -0.25) is 0 Å². The first kappa shape index (κ1) is 21.8. The predicted octanol–water partition coefficient (Wildman–Crippen LogP) is 5.62. The molecule has 0 aliphatic rings. The molecule has 0 aliphatic heterocycles. The van der Waals surface area contributed by atoms with Crippen LogP contribution < -0.4 is 14.4 Å². The molecule has 0 bridgehead atoms. The van der Waals surface area contributed by atoms with Crippen molar-refractivity contribution < 1.29 is 22.6 Å². The highest BCUT2D eigenvalue weighted by Gasteiger charge is 2.36. The molecule has 1 aromatic heterocycles. The molecule has 0 N–H and O–H groups in total. The molecule has 0 radical (unpaired) electrons. The summed E-state index contributed by atoms with van der Waals surface area (Å²) in [7, 11) is 0. The second-order valence-corrected chi connectivity index (χ2v) is 6.09. The maximum Gasteiger partial charge on any atom is 0.423 e. The van der Waals surface area contributed by atoms with E-state index in [9.17, 15) is 13.2 Å². The lowest BCUT2D eigenvalue weighted by molar-refractivity contribution is -0.139. The minimum absolute atomic E-state index is 0.133. The average Bonchev–Trinajstić information content (AvgIpc) is 2.67. The summed E-state index contributed by atoms with van der Waals surface area (Å²) in [5.74, 6) is 0.301. The van der Waals surface area contributed by atoms with Gasteiger partial charge in [0.25, 0.3) is 0 Å². The quantitative estimate of drug-likeness (QED) is 0.487. The topological polar surface area (TPSA) is 47.5 Å². The number of hydrogen-bond donors (Lipinski definition) is 0. The van der Waals surface area contributed by atoms with E-state index in [0.717, 1.165) is 19.0 Å². The van der Waals surface area contributed by atoms with Crippen LogP contribution in [0.2, 0.25) is 0 Å². The van der Waals surface area contributed by atoms with Crippen LogP contribution in [0, 0.1) is 0 Å². The van der Waals surface area contributed by atoms with Gasteiger partial charge in [-0.25, -0.2) is 4.98 Å². The summed E-state index contributed by atoms with van der Waals surface area (Å²) in [5, 5.41) is 0. The first-order valence-corrected chi connectivity index (χ1v) is 9.48. The largest absolute Gasteiger partial charge is 0.492 e. The second-order valence-electron chi connectivity index (χ2n) is 6.09. The first-order valence-electron chi connectivity index (χ1n) is 9.48. The van der Waals surface area contributed by atoms with Crippen LogP contribution in [0.3, 0.4) is 0 Å². The number of aromatic nitrogens is 2. The fourth-order valence-corrected chi connectivity index (χ4v) is 2.69. The van der Waals surface area contributed by atoms with Crippen molar-refractivity contribution in [3.63, 3.8) is 0 Å². The number of rotatable bonds is 10. The number of halogens is 3. The van der Waals surface area contributed by atoms with E-state index in [1.807, 2.05) is 39.0 Å². The van der Waals surface area contributed by atoms with Gasteiger partial charge in [0.1, 0.15) is 11.3 Å². The molecule has 154 valence electrons. The molecule has 1 heterocycles. The molecule has 1 aromatic carbocycles. The lowest BCUT2D eigenvalue weighted by atomic mass is 10.2. The Labute approximate surface area is 163 Å². The predicted molar refractivity (Wildman–Crippen MR) is 102 cm³/mol. The molecule has 0 saturated carbocycles. The Balaban J connectivity index is 2.40. The van der Waals surface area contributed by atoms with Gasteiger partial charge in [0.2, 0.25) is 11.8 Å². The van der Waals surface area contributed by atoms with Gasteiger partial charge in [-0.2, -0.15) is 18.2 Å². The molecule has 0 atom stereocenters. The summed E-state index contributed by atoms with van der Waals surface area (Å²) in [4.78, 5) is 9.76. The molecule has 28 heavy (non-hydrogen) atoms. The maximum absolute atomic E-state index is 13.3. The summed E-state index contributed by atoms with van der Waals surface area (Å²) in [6, 6.07) is 7.27. The molecule has 0 unspecified atom stereocenters. The highest BCUT2D eigenvalue weighted by Crippen LogP contribution is 2.37. The van der Waals surface area contributed by atoms with Crippen LogP contribution in [0.5, 0.6) is 11.6 Å². The number of hydrogen-bond acceptors (Lipinski definition) is 5. The molecule has 0 amide bonds. The molecule has 2 aromatic rings. The standard InChI is InChI=1S/C20H26F3N3O2/c1-4-7-10-13-28-18-15(20(21,22)23)14-24-19(25-18)26(5-2)16-11-8-9-12-17(16)27-6-3/h8-9,11-12,14H,4-7,10,13H2,1-3H3. The Morgan fingerprint density at radius 1 is 1.04 bits per heavy atom. The fourth-order valence-electron chi connectivity index (χ4n) is 2.69. The van der Waals surface area contributed by atoms with Gasteiger partial charge in [0, 0.05) is 12.7 Å². The average molecular weight is 397 g/mol. The summed E-state index contributed by atoms with van der Waals surface area (Å²) in [6.07, 6.45) is -1.31. The molecular weight excluding hydrogens is 371 g/mol. The number of para-hydroxylation sites is 2. The van der Waals surface area contributed by atoms with Crippen molar-refractivity contribution in [3.05, 3.63) is 36.0 Å². The van der Waals surface area contributed by atoms with Gasteiger partial charge < -0.3 is 14.4 Å². The van der Waals surface area contributed by atoms with Crippen molar-refractivity contribution in [2.75, 3.05) is 24.7 Å². The number of anilines is 2. The third-order valence-corrected chi connectivity index (χ3v) is 4.05. The summed E-state index contributed by atoms with van der Waals surface area (Å²) >= 11 is 0. The van der Waals surface area contributed by atoms with E-state index in [1.54, 1.807) is 11.0 Å². The van der Waals surface area contributed by atoms with Crippen molar-refractivity contribution >= 4 is 11.6 Å². The van der Waals surface area contributed by atoms with E-state index < -0.39 is 17.6 Å². The van der Waals surface area contributed by atoms with Crippen LogP contribution in [0.25, 0.3) is 0 Å². The lowest BCUT2D eigenvalue weighted by Gasteiger charge is -2.24. The number of nitrogens with zero attached hydrogens (tertiary/aromatic N) is 3. The Morgan fingerprint density at radius 3 is 2.43 bits per heavy atom. The van der Waals surface area contributed by atoms with Gasteiger partial charge in [-0.15, -0.1) is 0 Å². The van der Waals surface area contributed by atoms with Crippen molar-refractivity contribution in [2.24, 2.45) is 0 Å². The number of alkyl halides is 3. The van der Waals surface area contributed by atoms with Crippen LogP contribution in [0.1, 0.15) is 45.6 Å². The first-order chi connectivity index (χ1) is 13.4. The van der Waals surface area contributed by atoms with Crippen LogP contribution in [0.15, 0.2) is 30.5 Å². The highest BCUT2D eigenvalue weighted by molar-refractivity contribution is 5.65. The van der Waals surface area contributed by atoms with Gasteiger partial charge in [-0.1, -0.05) is 31.9 Å². The smallest absolute Gasteiger partial charge is 0.423 e. The summed E-state index contributed by atoms with van der Waals surface area (Å²) in [6.45, 7) is 6.84. The van der Waals surface area contributed by atoms with Crippen molar-refractivity contribution in [3.8, 4) is 11.6 Å². The zero-order chi connectivity index (χ0) is 20.6. The van der Waals surface area contributed by atoms with Crippen molar-refractivity contribution in [1.29, 1.82) is 0 Å². The Morgan fingerprint density at radius 2 is 1.79 bits per heavy atom. The molecule has 0 fully saturated rings. The van der Waals surface area contributed by atoms with Gasteiger partial charge in [0.15, 0.2) is 0 Å². The van der Waals surface area contributed by atoms with E-state index >= 15 is 0 Å². The van der Waals surface area contributed by atoms with Gasteiger partial charge >= 0.3 is 6.18 Å². The summed E-state index contributed by atoms with van der Waals surface area (Å²) < 4.78 is 51.0. The number of benzene rings is 1. The van der Waals surface area contributed by atoms with Crippen molar-refractivity contribution in [1.82, 2.24) is 9.97 Å². The number of ether oxygens (including phenoxy) is 2. The molecule has 8 heteroatoms. The number of unbranched alkanes of at least 4 members (excludes halogenated alkanes) is 2. The van der Waals surface area contributed by atoms with E-state index in [0.29, 0.717) is 31.0 Å². The third-order valence-electron chi connectivity index (χ3n) is 4.05. The second kappa shape index (κ2) is 10.1. The molecule has 2 rings (SSSR count). The van der Waals surface area contributed by atoms with Crippen LogP contribution in [0.4, 0.5) is 24.8 Å². The van der Waals surface area contributed by atoms with Crippen LogP contribution in [-0.4, -0.2) is 29.7 Å². The molecule has 0 saturated heterocycles. The monoisotopic (exact) mass is 397 g/mol. The molecule has 0 spiro atoms. The van der Waals surface area contributed by atoms with E-state index in [2.05, 4.69) is 9.97 Å². The van der Waals surface area contributed by atoms with Crippen LogP contribution in [-0.2, 0) is 6.18 Å². The lowest BCUT2D eigenvalue weighted by Crippen LogP contribution is -2.21. The maximum atomic E-state index is 13.3. The van der Waals surface area contributed by atoms with E-state index in [-0.39, 0.29) is 12.6 Å². The third kappa shape index (κ3) is 5.50. The molecule has 0 aliphatic carbocycles. The minimum atomic E-state index is -4.58. The Bertz CT molecular complexity index is 754.